The van der Waals surface area contributed by atoms with Gasteiger partial charge in [0.15, 0.2) is 18.1 Å². The summed E-state index contributed by atoms with van der Waals surface area (Å²) in [7, 11) is 0. The molecule has 136 valence electrons. The summed E-state index contributed by atoms with van der Waals surface area (Å²) >= 11 is 0. The van der Waals surface area contributed by atoms with Crippen molar-refractivity contribution in [2.75, 3.05) is 6.61 Å². The lowest BCUT2D eigenvalue weighted by Gasteiger charge is -2.15. The minimum atomic E-state index is -1.01. The lowest BCUT2D eigenvalue weighted by molar-refractivity contribution is -0.142. The smallest absolute Gasteiger partial charge is 0.326 e. The number of nitrogens with one attached hydrogen (secondary N) is 1. The quantitative estimate of drug-likeness (QED) is 0.722. The van der Waals surface area contributed by atoms with E-state index < -0.39 is 17.9 Å². The van der Waals surface area contributed by atoms with Gasteiger partial charge >= 0.3 is 5.97 Å². The van der Waals surface area contributed by atoms with E-state index in [0.29, 0.717) is 18.1 Å². The van der Waals surface area contributed by atoms with Gasteiger partial charge in [-0.3, -0.25) is 4.79 Å². The highest BCUT2D eigenvalue weighted by Crippen LogP contribution is 2.32. The zero-order chi connectivity index (χ0) is 18.4. The van der Waals surface area contributed by atoms with Crippen LogP contribution < -0.4 is 14.8 Å². The number of para-hydroxylation sites is 2. The van der Waals surface area contributed by atoms with Crippen molar-refractivity contribution in [2.45, 2.75) is 25.5 Å². The molecule has 1 fully saturated rings. The molecular weight excluding hydrogens is 334 g/mol. The standard InChI is InChI=1S/C20H21NO5/c22-18(21-19(20(23)24)15-10-11-15)13-26-17-9-5-4-8-16(17)25-12-14-6-2-1-3-7-14/h1-9,15,19H,10-13H2,(H,21,22)(H,23,24). The summed E-state index contributed by atoms with van der Waals surface area (Å²) in [5.41, 5.74) is 1.02. The summed E-state index contributed by atoms with van der Waals surface area (Å²) < 4.78 is 11.3. The Morgan fingerprint density at radius 2 is 1.62 bits per heavy atom. The van der Waals surface area contributed by atoms with Gasteiger partial charge in [0.25, 0.3) is 5.91 Å². The highest BCUT2D eigenvalue weighted by molar-refractivity contribution is 5.84. The predicted molar refractivity (Wildman–Crippen MR) is 95.0 cm³/mol. The molecule has 1 saturated carbocycles. The summed E-state index contributed by atoms with van der Waals surface area (Å²) in [6, 6.07) is 16.0. The van der Waals surface area contributed by atoms with E-state index in [1.165, 1.54) is 0 Å². The van der Waals surface area contributed by atoms with Gasteiger partial charge in [-0.2, -0.15) is 0 Å². The fourth-order valence-electron chi connectivity index (χ4n) is 2.59. The average Bonchev–Trinajstić information content (AvgIpc) is 3.49. The van der Waals surface area contributed by atoms with Crippen molar-refractivity contribution in [2.24, 2.45) is 5.92 Å². The highest BCUT2D eigenvalue weighted by atomic mass is 16.5. The molecular formula is C20H21NO5. The van der Waals surface area contributed by atoms with E-state index in [9.17, 15) is 9.59 Å². The van der Waals surface area contributed by atoms with Crippen LogP contribution in [0.2, 0.25) is 0 Å². The Morgan fingerprint density at radius 1 is 1.00 bits per heavy atom. The number of rotatable bonds is 9. The van der Waals surface area contributed by atoms with Crippen molar-refractivity contribution in [3.63, 3.8) is 0 Å². The van der Waals surface area contributed by atoms with Crippen molar-refractivity contribution in [3.05, 3.63) is 60.2 Å². The zero-order valence-corrected chi connectivity index (χ0v) is 14.3. The first-order chi connectivity index (χ1) is 12.6. The number of carboxylic acid groups (broad SMARTS) is 1. The molecule has 26 heavy (non-hydrogen) atoms. The number of carbonyl (C=O) groups excluding carboxylic acids is 1. The van der Waals surface area contributed by atoms with Crippen LogP contribution in [0.4, 0.5) is 0 Å². The highest BCUT2D eigenvalue weighted by Gasteiger charge is 2.37. The van der Waals surface area contributed by atoms with Crippen molar-refractivity contribution < 1.29 is 24.2 Å². The molecule has 0 heterocycles. The van der Waals surface area contributed by atoms with E-state index in [1.807, 2.05) is 36.4 Å². The first-order valence-corrected chi connectivity index (χ1v) is 8.54. The Kier molecular flexibility index (Phi) is 5.73. The maximum Gasteiger partial charge on any atom is 0.326 e. The molecule has 0 saturated heterocycles. The molecule has 0 radical (unpaired) electrons. The Morgan fingerprint density at radius 3 is 2.23 bits per heavy atom. The average molecular weight is 355 g/mol. The number of aliphatic carboxylic acids is 1. The second-order valence-electron chi connectivity index (χ2n) is 6.23. The molecule has 2 aromatic carbocycles. The van der Waals surface area contributed by atoms with Crippen LogP contribution in [0.15, 0.2) is 54.6 Å². The summed E-state index contributed by atoms with van der Waals surface area (Å²) in [5, 5.41) is 11.7. The van der Waals surface area contributed by atoms with Gasteiger partial charge in [0.05, 0.1) is 0 Å². The number of hydrogen-bond acceptors (Lipinski definition) is 4. The molecule has 6 heteroatoms. The number of carboxylic acids is 1. The first-order valence-electron chi connectivity index (χ1n) is 8.54. The third kappa shape index (κ3) is 4.99. The van der Waals surface area contributed by atoms with E-state index in [-0.39, 0.29) is 12.5 Å². The maximum atomic E-state index is 12.0. The Labute approximate surface area is 151 Å². The van der Waals surface area contributed by atoms with Crippen molar-refractivity contribution >= 4 is 11.9 Å². The molecule has 0 bridgehead atoms. The SMILES string of the molecule is O=C(COc1ccccc1OCc1ccccc1)NC(C(=O)O)C1CC1. The molecule has 0 aliphatic heterocycles. The van der Waals surface area contributed by atoms with Gasteiger partial charge in [-0.15, -0.1) is 0 Å². The van der Waals surface area contributed by atoms with Crippen LogP contribution in [0.5, 0.6) is 11.5 Å². The Bertz CT molecular complexity index is 758. The van der Waals surface area contributed by atoms with Gasteiger partial charge in [-0.25, -0.2) is 4.79 Å². The summed E-state index contributed by atoms with van der Waals surface area (Å²) in [6.45, 7) is 0.123. The number of carbonyl (C=O) groups is 2. The molecule has 1 aliphatic carbocycles. The van der Waals surface area contributed by atoms with Gasteiger partial charge < -0.3 is 19.9 Å². The molecule has 0 aromatic heterocycles. The molecule has 1 unspecified atom stereocenters. The van der Waals surface area contributed by atoms with Crippen LogP contribution in [0.1, 0.15) is 18.4 Å². The van der Waals surface area contributed by atoms with Crippen molar-refractivity contribution in [1.29, 1.82) is 0 Å². The topological polar surface area (TPSA) is 84.9 Å². The summed E-state index contributed by atoms with van der Waals surface area (Å²) in [4.78, 5) is 23.2. The Hall–Kier alpha value is -3.02. The molecule has 2 aromatic rings. The third-order valence-corrected chi connectivity index (χ3v) is 4.12. The van der Waals surface area contributed by atoms with E-state index in [2.05, 4.69) is 5.32 Å². The van der Waals surface area contributed by atoms with Crippen LogP contribution in [0.3, 0.4) is 0 Å². The van der Waals surface area contributed by atoms with Crippen LogP contribution in [0, 0.1) is 5.92 Å². The van der Waals surface area contributed by atoms with E-state index in [0.717, 1.165) is 18.4 Å². The van der Waals surface area contributed by atoms with Gasteiger partial charge in [0, 0.05) is 0 Å². The second-order valence-corrected chi connectivity index (χ2v) is 6.23. The predicted octanol–water partition coefficient (Wildman–Crippen LogP) is 2.62. The van der Waals surface area contributed by atoms with E-state index in [4.69, 9.17) is 14.6 Å². The number of hydrogen-bond donors (Lipinski definition) is 2. The van der Waals surface area contributed by atoms with E-state index in [1.54, 1.807) is 18.2 Å². The van der Waals surface area contributed by atoms with Crippen molar-refractivity contribution in [1.82, 2.24) is 5.32 Å². The first kappa shape index (κ1) is 17.8. The lowest BCUT2D eigenvalue weighted by Crippen LogP contribution is -2.44. The number of ether oxygens (including phenoxy) is 2. The van der Waals surface area contributed by atoms with Gasteiger partial charge in [0.2, 0.25) is 0 Å². The van der Waals surface area contributed by atoms with Crippen LogP contribution in [-0.2, 0) is 16.2 Å². The number of amides is 1. The minimum Gasteiger partial charge on any atom is -0.485 e. The second kappa shape index (κ2) is 8.38. The van der Waals surface area contributed by atoms with Crippen molar-refractivity contribution in [3.8, 4) is 11.5 Å². The molecule has 3 rings (SSSR count). The molecule has 6 nitrogen and oxygen atoms in total. The van der Waals surface area contributed by atoms with Gasteiger partial charge in [0.1, 0.15) is 12.6 Å². The lowest BCUT2D eigenvalue weighted by atomic mass is 10.2. The van der Waals surface area contributed by atoms with Gasteiger partial charge in [-0.05, 0) is 36.5 Å². The molecule has 0 spiro atoms. The minimum absolute atomic E-state index is 0.0259. The third-order valence-electron chi connectivity index (χ3n) is 4.12. The largest absolute Gasteiger partial charge is 0.485 e. The summed E-state index contributed by atoms with van der Waals surface area (Å²) in [5.74, 6) is -0.467. The van der Waals surface area contributed by atoms with E-state index >= 15 is 0 Å². The Balaban J connectivity index is 1.54. The van der Waals surface area contributed by atoms with Crippen LogP contribution in [0.25, 0.3) is 0 Å². The molecule has 1 amide bonds. The normalized spacial score (nSPS) is 14.3. The summed E-state index contributed by atoms with van der Waals surface area (Å²) in [6.07, 6.45) is 1.66. The molecule has 2 N–H and O–H groups in total. The van der Waals surface area contributed by atoms with Crippen LogP contribution in [-0.4, -0.2) is 29.6 Å². The number of benzene rings is 2. The molecule has 1 aliphatic rings. The molecule has 1 atom stereocenters. The van der Waals surface area contributed by atoms with Crippen LogP contribution >= 0.6 is 0 Å². The fraction of sp³-hybridized carbons (Fsp3) is 0.300. The zero-order valence-electron chi connectivity index (χ0n) is 14.3. The monoisotopic (exact) mass is 355 g/mol. The maximum absolute atomic E-state index is 12.0. The fourth-order valence-corrected chi connectivity index (χ4v) is 2.59. The van der Waals surface area contributed by atoms with Gasteiger partial charge in [-0.1, -0.05) is 42.5 Å².